The third kappa shape index (κ3) is 6.11. The van der Waals surface area contributed by atoms with Gasteiger partial charge in [-0.05, 0) is 50.6 Å². The maximum atomic E-state index is 13.1. The first-order valence-electron chi connectivity index (χ1n) is 11.9. The number of Topliss-reactive ketones (excluding diaryl/α,β-unsaturated/α-hetero) is 1. The summed E-state index contributed by atoms with van der Waals surface area (Å²) in [5.41, 5.74) is 8.22. The Hall–Kier alpha value is -4.01. The predicted octanol–water partition coefficient (Wildman–Crippen LogP) is 3.12. The lowest BCUT2D eigenvalue weighted by atomic mass is 10.0. The molecule has 9 nitrogen and oxygen atoms in total. The molecule has 2 heterocycles. The van der Waals surface area contributed by atoms with Gasteiger partial charge in [0.2, 0.25) is 5.78 Å². The Labute approximate surface area is 205 Å². The zero-order chi connectivity index (χ0) is 25.4. The molecule has 2 aromatic heterocycles. The van der Waals surface area contributed by atoms with E-state index in [1.54, 1.807) is 24.5 Å². The number of nitrogens with one attached hydrogen (secondary N) is 1. The van der Waals surface area contributed by atoms with Crippen LogP contribution >= 0.6 is 0 Å². The summed E-state index contributed by atoms with van der Waals surface area (Å²) in [5, 5.41) is 7.27. The maximum Gasteiger partial charge on any atom is 0.287 e. The number of rotatable bonds is 12. The number of nitrogens with zero attached hydrogens (tertiary/aromatic N) is 4. The van der Waals surface area contributed by atoms with E-state index in [-0.39, 0.29) is 5.56 Å². The third-order valence-corrected chi connectivity index (χ3v) is 5.84. The SMILES string of the molecule is CCCCC(NC(=O)c1cccnc1-n1ccc(-c2ccc(N(CC)CC)cc2)n1)C(=O)C(N)=O. The fraction of sp³-hybridized carbons (Fsp3) is 0.346. The van der Waals surface area contributed by atoms with Gasteiger partial charge in [-0.1, -0.05) is 31.9 Å². The normalized spacial score (nSPS) is 11.6. The molecule has 1 aromatic carbocycles. The zero-order valence-electron chi connectivity index (χ0n) is 20.4. The van der Waals surface area contributed by atoms with Gasteiger partial charge in [0.15, 0.2) is 5.82 Å². The van der Waals surface area contributed by atoms with E-state index < -0.39 is 23.6 Å². The number of unbranched alkanes of at least 4 members (excludes halogenated alkanes) is 1. The second-order valence-electron chi connectivity index (χ2n) is 8.14. The number of pyridine rings is 1. The Morgan fingerprint density at radius 1 is 1.06 bits per heavy atom. The van der Waals surface area contributed by atoms with Crippen molar-refractivity contribution in [1.82, 2.24) is 20.1 Å². The number of carbonyl (C=O) groups is 3. The minimum absolute atomic E-state index is 0.234. The van der Waals surface area contributed by atoms with Crippen molar-refractivity contribution in [2.75, 3.05) is 18.0 Å². The van der Waals surface area contributed by atoms with Crippen LogP contribution in [0.4, 0.5) is 5.69 Å². The number of hydrogen-bond acceptors (Lipinski definition) is 6. The van der Waals surface area contributed by atoms with E-state index in [0.717, 1.165) is 36.5 Å². The lowest BCUT2D eigenvalue weighted by Crippen LogP contribution is -2.46. The van der Waals surface area contributed by atoms with Gasteiger partial charge in [-0.2, -0.15) is 5.10 Å². The molecule has 184 valence electrons. The molecule has 3 rings (SSSR count). The van der Waals surface area contributed by atoms with Crippen LogP contribution in [-0.4, -0.2) is 51.5 Å². The summed E-state index contributed by atoms with van der Waals surface area (Å²) < 4.78 is 1.53. The van der Waals surface area contributed by atoms with Crippen LogP contribution in [0.1, 0.15) is 50.4 Å². The summed E-state index contributed by atoms with van der Waals surface area (Å²) in [7, 11) is 0. The van der Waals surface area contributed by atoms with Crippen LogP contribution in [0.25, 0.3) is 17.1 Å². The Kier molecular flexibility index (Phi) is 8.72. The van der Waals surface area contributed by atoms with E-state index in [9.17, 15) is 14.4 Å². The molecule has 0 saturated heterocycles. The van der Waals surface area contributed by atoms with E-state index >= 15 is 0 Å². The Morgan fingerprint density at radius 2 is 1.77 bits per heavy atom. The summed E-state index contributed by atoms with van der Waals surface area (Å²) in [6, 6.07) is 12.3. The molecule has 0 bridgehead atoms. The number of nitrogens with two attached hydrogens (primary N) is 1. The Balaban J connectivity index is 1.85. The quantitative estimate of drug-likeness (QED) is 0.387. The molecule has 3 N–H and O–H groups in total. The molecule has 0 aliphatic rings. The number of benzene rings is 1. The average Bonchev–Trinajstić information content (AvgIpc) is 3.37. The molecule has 0 saturated carbocycles. The van der Waals surface area contributed by atoms with Gasteiger partial charge in [0.1, 0.15) is 0 Å². The number of anilines is 1. The first-order chi connectivity index (χ1) is 16.9. The second kappa shape index (κ2) is 11.9. The van der Waals surface area contributed by atoms with E-state index in [0.29, 0.717) is 18.7 Å². The highest BCUT2D eigenvalue weighted by Gasteiger charge is 2.26. The van der Waals surface area contributed by atoms with Gasteiger partial charge in [0.05, 0.1) is 17.3 Å². The van der Waals surface area contributed by atoms with E-state index in [1.165, 1.54) is 4.68 Å². The van der Waals surface area contributed by atoms with Crippen LogP contribution in [0.15, 0.2) is 54.9 Å². The number of aromatic nitrogens is 3. The van der Waals surface area contributed by atoms with Gasteiger partial charge in [-0.15, -0.1) is 0 Å². The smallest absolute Gasteiger partial charge is 0.287 e. The first-order valence-corrected chi connectivity index (χ1v) is 11.9. The summed E-state index contributed by atoms with van der Waals surface area (Å²) in [4.78, 5) is 43.3. The van der Waals surface area contributed by atoms with E-state index in [4.69, 9.17) is 5.73 Å². The van der Waals surface area contributed by atoms with Gasteiger partial charge in [0, 0.05) is 36.7 Å². The molecule has 9 heteroatoms. The molecular formula is C26H32N6O3. The minimum Gasteiger partial charge on any atom is -0.372 e. The lowest BCUT2D eigenvalue weighted by Gasteiger charge is -2.20. The van der Waals surface area contributed by atoms with Crippen LogP contribution in [0.3, 0.4) is 0 Å². The number of hydrogen-bond donors (Lipinski definition) is 2. The molecule has 1 unspecified atom stereocenters. The monoisotopic (exact) mass is 476 g/mol. The zero-order valence-corrected chi connectivity index (χ0v) is 20.4. The average molecular weight is 477 g/mol. The molecule has 0 radical (unpaired) electrons. The standard InChI is InChI=1S/C26H32N6O3/c1-4-7-10-22(23(33)24(27)34)29-26(35)20-9-8-16-28-25(20)32-17-15-21(30-32)18-11-13-19(14-12-18)31(5-2)6-3/h8-9,11-17,22H,4-7,10H2,1-3H3,(H2,27,34)(H,29,35). The van der Waals surface area contributed by atoms with E-state index in [1.807, 2.05) is 25.1 Å². The fourth-order valence-corrected chi connectivity index (χ4v) is 3.87. The van der Waals surface area contributed by atoms with Crippen molar-refractivity contribution < 1.29 is 14.4 Å². The first kappa shape index (κ1) is 25.6. The molecule has 1 atom stereocenters. The lowest BCUT2D eigenvalue weighted by molar-refractivity contribution is -0.137. The molecular weight excluding hydrogens is 444 g/mol. The Bertz CT molecular complexity index is 1170. The third-order valence-electron chi connectivity index (χ3n) is 5.84. The number of primary amides is 1. The fourth-order valence-electron chi connectivity index (χ4n) is 3.87. The van der Waals surface area contributed by atoms with Crippen molar-refractivity contribution in [3.8, 4) is 17.1 Å². The van der Waals surface area contributed by atoms with Crippen molar-refractivity contribution in [2.45, 2.75) is 46.1 Å². The largest absolute Gasteiger partial charge is 0.372 e. The van der Waals surface area contributed by atoms with Crippen molar-refractivity contribution >= 4 is 23.3 Å². The highest BCUT2D eigenvalue weighted by molar-refractivity contribution is 6.38. The molecule has 2 amide bonds. The molecule has 0 aliphatic heterocycles. The summed E-state index contributed by atoms with van der Waals surface area (Å²) in [5.74, 6) is -2.09. The summed E-state index contributed by atoms with van der Waals surface area (Å²) in [6.45, 7) is 8.06. The van der Waals surface area contributed by atoms with Gasteiger partial charge in [0.25, 0.3) is 11.8 Å². The van der Waals surface area contributed by atoms with Crippen molar-refractivity contribution in [3.05, 3.63) is 60.4 Å². The predicted molar refractivity (Wildman–Crippen MR) is 135 cm³/mol. The minimum atomic E-state index is -1.07. The number of ketones is 1. The van der Waals surface area contributed by atoms with Crippen molar-refractivity contribution in [1.29, 1.82) is 0 Å². The highest BCUT2D eigenvalue weighted by atomic mass is 16.2. The number of carbonyl (C=O) groups excluding carboxylic acids is 3. The van der Waals surface area contributed by atoms with Gasteiger partial charge < -0.3 is 16.0 Å². The molecule has 3 aromatic rings. The van der Waals surface area contributed by atoms with Gasteiger partial charge in [-0.3, -0.25) is 14.4 Å². The maximum absolute atomic E-state index is 13.1. The van der Waals surface area contributed by atoms with Crippen molar-refractivity contribution in [3.63, 3.8) is 0 Å². The molecule has 0 spiro atoms. The molecule has 0 aliphatic carbocycles. The van der Waals surface area contributed by atoms with Crippen molar-refractivity contribution in [2.24, 2.45) is 5.73 Å². The van der Waals surface area contributed by atoms with Crippen LogP contribution in [-0.2, 0) is 9.59 Å². The van der Waals surface area contributed by atoms with Crippen LogP contribution in [0.5, 0.6) is 0 Å². The Morgan fingerprint density at radius 3 is 2.40 bits per heavy atom. The molecule has 35 heavy (non-hydrogen) atoms. The second-order valence-corrected chi connectivity index (χ2v) is 8.14. The highest BCUT2D eigenvalue weighted by Crippen LogP contribution is 2.23. The van der Waals surface area contributed by atoms with Crippen LogP contribution in [0, 0.1) is 0 Å². The van der Waals surface area contributed by atoms with Crippen LogP contribution < -0.4 is 16.0 Å². The van der Waals surface area contributed by atoms with Gasteiger partial charge in [-0.25, -0.2) is 9.67 Å². The van der Waals surface area contributed by atoms with Crippen LogP contribution in [0.2, 0.25) is 0 Å². The summed E-state index contributed by atoms with van der Waals surface area (Å²) >= 11 is 0. The molecule has 0 fully saturated rings. The van der Waals surface area contributed by atoms with E-state index in [2.05, 4.69) is 46.3 Å². The topological polar surface area (TPSA) is 123 Å². The number of amides is 2. The van der Waals surface area contributed by atoms with Gasteiger partial charge >= 0.3 is 0 Å². The summed E-state index contributed by atoms with van der Waals surface area (Å²) in [6.07, 6.45) is 5.10.